The van der Waals surface area contributed by atoms with Gasteiger partial charge in [0, 0.05) is 24.9 Å². The highest BCUT2D eigenvalue weighted by Gasteiger charge is 2.04. The zero-order valence-electron chi connectivity index (χ0n) is 9.52. The van der Waals surface area contributed by atoms with Crippen LogP contribution in [-0.4, -0.2) is 22.3 Å². The van der Waals surface area contributed by atoms with E-state index in [1.807, 2.05) is 12.1 Å². The van der Waals surface area contributed by atoms with Crippen LogP contribution in [0.5, 0.6) is 5.88 Å². The summed E-state index contributed by atoms with van der Waals surface area (Å²) in [6.07, 6.45) is 1.68. The Kier molecular flexibility index (Phi) is 4.17. The first-order valence-electron chi connectivity index (χ1n) is 5.10. The maximum Gasteiger partial charge on any atom is 0.213 e. The number of hydrogen-bond donors (Lipinski definition) is 1. The standard InChI is InChI=1S/C11H10Cl2N4O/c1-18-10-4-7(2-3-14-10)6-15-8-5-9(12)16-17-11(8)13/h2-5H,6H2,1H3,(H,15,16). The van der Waals surface area contributed by atoms with Crippen LogP contribution in [0.3, 0.4) is 0 Å². The number of nitrogens with one attached hydrogen (secondary N) is 1. The van der Waals surface area contributed by atoms with E-state index in [9.17, 15) is 0 Å². The molecule has 0 spiro atoms. The molecule has 0 bridgehead atoms. The minimum absolute atomic E-state index is 0.278. The predicted molar refractivity (Wildman–Crippen MR) is 70.2 cm³/mol. The van der Waals surface area contributed by atoms with Gasteiger partial charge >= 0.3 is 0 Å². The molecule has 5 nitrogen and oxygen atoms in total. The fourth-order valence-corrected chi connectivity index (χ4v) is 1.65. The van der Waals surface area contributed by atoms with E-state index in [-0.39, 0.29) is 10.3 Å². The SMILES string of the molecule is COc1cc(CNc2cc(Cl)nnc2Cl)ccn1. The Bertz CT molecular complexity index is 550. The van der Waals surface area contributed by atoms with Crippen LogP contribution in [0.4, 0.5) is 5.69 Å². The van der Waals surface area contributed by atoms with Crippen LogP contribution in [0.15, 0.2) is 24.4 Å². The maximum absolute atomic E-state index is 5.89. The topological polar surface area (TPSA) is 59.9 Å². The largest absolute Gasteiger partial charge is 0.481 e. The van der Waals surface area contributed by atoms with Crippen LogP contribution in [0.1, 0.15) is 5.56 Å². The lowest BCUT2D eigenvalue weighted by molar-refractivity contribution is 0.397. The minimum Gasteiger partial charge on any atom is -0.481 e. The molecule has 1 N–H and O–H groups in total. The van der Waals surface area contributed by atoms with Gasteiger partial charge in [-0.1, -0.05) is 23.2 Å². The van der Waals surface area contributed by atoms with Gasteiger partial charge in [0.1, 0.15) is 0 Å². The molecule has 0 fully saturated rings. The number of methoxy groups -OCH3 is 1. The van der Waals surface area contributed by atoms with Crippen molar-refractivity contribution in [3.63, 3.8) is 0 Å². The average molecular weight is 285 g/mol. The lowest BCUT2D eigenvalue weighted by Gasteiger charge is -2.08. The van der Waals surface area contributed by atoms with E-state index in [0.717, 1.165) is 5.56 Å². The average Bonchev–Trinajstić information content (AvgIpc) is 2.40. The number of anilines is 1. The summed E-state index contributed by atoms with van der Waals surface area (Å²) in [7, 11) is 1.57. The smallest absolute Gasteiger partial charge is 0.213 e. The van der Waals surface area contributed by atoms with E-state index >= 15 is 0 Å². The van der Waals surface area contributed by atoms with Crippen molar-refractivity contribution >= 4 is 28.9 Å². The van der Waals surface area contributed by atoms with Crippen LogP contribution in [-0.2, 0) is 6.54 Å². The molecule has 18 heavy (non-hydrogen) atoms. The molecule has 2 rings (SSSR count). The number of rotatable bonds is 4. The van der Waals surface area contributed by atoms with Crippen LogP contribution in [0.2, 0.25) is 10.3 Å². The van der Waals surface area contributed by atoms with Crippen molar-refractivity contribution < 1.29 is 4.74 Å². The first-order chi connectivity index (χ1) is 8.69. The van der Waals surface area contributed by atoms with Crippen molar-refractivity contribution in [3.8, 4) is 5.88 Å². The van der Waals surface area contributed by atoms with Crippen molar-refractivity contribution in [1.29, 1.82) is 0 Å². The second kappa shape index (κ2) is 5.84. The Morgan fingerprint density at radius 3 is 2.89 bits per heavy atom. The fraction of sp³-hybridized carbons (Fsp3) is 0.182. The second-order valence-electron chi connectivity index (χ2n) is 3.43. The van der Waals surface area contributed by atoms with Gasteiger partial charge < -0.3 is 10.1 Å². The zero-order chi connectivity index (χ0) is 13.0. The second-order valence-corrected chi connectivity index (χ2v) is 4.18. The number of halogens is 2. The summed E-state index contributed by atoms with van der Waals surface area (Å²) < 4.78 is 5.04. The van der Waals surface area contributed by atoms with E-state index in [4.69, 9.17) is 27.9 Å². The molecule has 94 valence electrons. The van der Waals surface area contributed by atoms with E-state index in [0.29, 0.717) is 18.1 Å². The van der Waals surface area contributed by atoms with Crippen LogP contribution in [0, 0.1) is 0 Å². The molecule has 0 unspecified atom stereocenters. The van der Waals surface area contributed by atoms with Crippen molar-refractivity contribution in [3.05, 3.63) is 40.3 Å². The third kappa shape index (κ3) is 3.21. The van der Waals surface area contributed by atoms with Gasteiger partial charge in [-0.2, -0.15) is 0 Å². The van der Waals surface area contributed by atoms with Crippen LogP contribution < -0.4 is 10.1 Å². The highest BCUT2D eigenvalue weighted by Crippen LogP contribution is 2.21. The summed E-state index contributed by atoms with van der Waals surface area (Å²) in [5.41, 5.74) is 1.64. The lowest BCUT2D eigenvalue weighted by Crippen LogP contribution is -2.02. The van der Waals surface area contributed by atoms with Gasteiger partial charge in [0.25, 0.3) is 0 Å². The monoisotopic (exact) mass is 284 g/mol. The van der Waals surface area contributed by atoms with E-state index in [2.05, 4.69) is 20.5 Å². The lowest BCUT2D eigenvalue weighted by atomic mass is 10.2. The maximum atomic E-state index is 5.89. The summed E-state index contributed by atoms with van der Waals surface area (Å²) in [5.74, 6) is 0.561. The van der Waals surface area contributed by atoms with Crippen LogP contribution in [0.25, 0.3) is 0 Å². The van der Waals surface area contributed by atoms with Crippen LogP contribution >= 0.6 is 23.2 Å². The molecule has 0 aromatic carbocycles. The highest BCUT2D eigenvalue weighted by atomic mass is 35.5. The molecule has 2 heterocycles. The zero-order valence-corrected chi connectivity index (χ0v) is 11.0. The summed E-state index contributed by atoms with van der Waals surface area (Å²) >= 11 is 11.6. The highest BCUT2D eigenvalue weighted by molar-refractivity contribution is 6.33. The molecular weight excluding hydrogens is 275 g/mol. The van der Waals surface area contributed by atoms with Crippen molar-refractivity contribution in [2.24, 2.45) is 0 Å². The fourth-order valence-electron chi connectivity index (χ4n) is 1.35. The van der Waals surface area contributed by atoms with Gasteiger partial charge in [0.05, 0.1) is 12.8 Å². The summed E-state index contributed by atoms with van der Waals surface area (Å²) in [6, 6.07) is 5.33. The molecule has 0 saturated heterocycles. The van der Waals surface area contributed by atoms with Gasteiger partial charge in [0.15, 0.2) is 10.3 Å². The normalized spacial score (nSPS) is 10.2. The minimum atomic E-state index is 0.278. The van der Waals surface area contributed by atoms with Gasteiger partial charge in [-0.15, -0.1) is 10.2 Å². The number of pyridine rings is 1. The molecule has 2 aromatic rings. The molecule has 0 amide bonds. The molecule has 0 atom stereocenters. The number of nitrogens with zero attached hydrogens (tertiary/aromatic N) is 3. The Labute approximate surface area is 114 Å². The molecule has 0 saturated carbocycles. The third-order valence-electron chi connectivity index (χ3n) is 2.21. The van der Waals surface area contributed by atoms with Gasteiger partial charge in [-0.05, 0) is 11.6 Å². The Hall–Kier alpha value is -1.59. The summed E-state index contributed by atoms with van der Waals surface area (Å²) in [5, 5.41) is 11.0. The summed E-state index contributed by atoms with van der Waals surface area (Å²) in [6.45, 7) is 0.556. The molecule has 0 aliphatic rings. The Morgan fingerprint density at radius 2 is 2.11 bits per heavy atom. The Balaban J connectivity index is 2.08. The molecular formula is C11H10Cl2N4O. The van der Waals surface area contributed by atoms with E-state index in [1.165, 1.54) is 0 Å². The molecule has 7 heteroatoms. The Morgan fingerprint density at radius 1 is 1.28 bits per heavy atom. The van der Waals surface area contributed by atoms with Gasteiger partial charge in [-0.25, -0.2) is 4.98 Å². The van der Waals surface area contributed by atoms with Crippen molar-refractivity contribution in [1.82, 2.24) is 15.2 Å². The predicted octanol–water partition coefficient (Wildman–Crippen LogP) is 2.80. The summed E-state index contributed by atoms with van der Waals surface area (Å²) in [4.78, 5) is 4.03. The van der Waals surface area contributed by atoms with Crippen molar-refractivity contribution in [2.45, 2.75) is 6.54 Å². The number of ether oxygens (including phenoxy) is 1. The molecule has 0 radical (unpaired) electrons. The third-order valence-corrected chi connectivity index (χ3v) is 2.67. The van der Waals surface area contributed by atoms with E-state index < -0.39 is 0 Å². The van der Waals surface area contributed by atoms with Gasteiger partial charge in [0.2, 0.25) is 5.88 Å². The van der Waals surface area contributed by atoms with Crippen molar-refractivity contribution in [2.75, 3.05) is 12.4 Å². The molecule has 2 aromatic heterocycles. The molecule has 0 aliphatic heterocycles. The molecule has 0 aliphatic carbocycles. The number of aromatic nitrogens is 3. The quantitative estimate of drug-likeness (QED) is 0.936. The number of hydrogen-bond acceptors (Lipinski definition) is 5. The first kappa shape index (κ1) is 12.9. The first-order valence-corrected chi connectivity index (χ1v) is 5.86. The van der Waals surface area contributed by atoms with E-state index in [1.54, 1.807) is 19.4 Å². The van der Waals surface area contributed by atoms with Gasteiger partial charge in [-0.3, -0.25) is 0 Å².